The number of hydrogen-bond donors (Lipinski definition) is 0. The van der Waals surface area contributed by atoms with Crippen LogP contribution in [0.1, 0.15) is 49.5 Å². The van der Waals surface area contributed by atoms with Crippen molar-refractivity contribution in [3.63, 3.8) is 0 Å². The molecule has 2 rings (SSSR count). The topological polar surface area (TPSA) is 49.9 Å². The summed E-state index contributed by atoms with van der Waals surface area (Å²) in [7, 11) is 1.65. The molecular formula is C24H34N2O3S. The molecule has 0 aliphatic rings. The molecule has 0 spiro atoms. The SMILES string of the molecule is CCCCCC(=O)N(CCCOC)CC(=O)N(Cc1ccccc1)Cc1cccs1. The van der Waals surface area contributed by atoms with Gasteiger partial charge in [0.15, 0.2) is 0 Å². The minimum Gasteiger partial charge on any atom is -0.385 e. The van der Waals surface area contributed by atoms with E-state index in [0.29, 0.717) is 32.7 Å². The minimum absolute atomic E-state index is 0.0199. The van der Waals surface area contributed by atoms with Crippen LogP contribution in [-0.4, -0.2) is 48.4 Å². The molecule has 0 aliphatic carbocycles. The summed E-state index contributed by atoms with van der Waals surface area (Å²) < 4.78 is 5.14. The lowest BCUT2D eigenvalue weighted by Gasteiger charge is -2.28. The van der Waals surface area contributed by atoms with Gasteiger partial charge >= 0.3 is 0 Å². The van der Waals surface area contributed by atoms with E-state index >= 15 is 0 Å². The van der Waals surface area contributed by atoms with Crippen LogP contribution in [0.25, 0.3) is 0 Å². The number of carbonyl (C=O) groups is 2. The van der Waals surface area contributed by atoms with Crippen molar-refractivity contribution in [3.8, 4) is 0 Å². The summed E-state index contributed by atoms with van der Waals surface area (Å²) in [5.74, 6) is 0.0391. The molecule has 1 aromatic carbocycles. The fourth-order valence-corrected chi connectivity index (χ4v) is 3.99. The highest BCUT2D eigenvalue weighted by Crippen LogP contribution is 2.16. The van der Waals surface area contributed by atoms with Crippen molar-refractivity contribution in [2.24, 2.45) is 0 Å². The van der Waals surface area contributed by atoms with Crippen LogP contribution in [0.3, 0.4) is 0 Å². The van der Waals surface area contributed by atoms with Gasteiger partial charge in [0.1, 0.15) is 0 Å². The van der Waals surface area contributed by atoms with Crippen LogP contribution in [-0.2, 0) is 27.4 Å². The maximum atomic E-state index is 13.3. The molecule has 0 N–H and O–H groups in total. The Morgan fingerprint density at radius 2 is 1.73 bits per heavy atom. The highest BCUT2D eigenvalue weighted by molar-refractivity contribution is 7.09. The van der Waals surface area contributed by atoms with Crippen LogP contribution < -0.4 is 0 Å². The van der Waals surface area contributed by atoms with E-state index < -0.39 is 0 Å². The zero-order valence-electron chi connectivity index (χ0n) is 18.2. The predicted molar refractivity (Wildman–Crippen MR) is 122 cm³/mol. The Kier molecular flexibility index (Phi) is 11.2. The van der Waals surface area contributed by atoms with E-state index in [1.54, 1.807) is 23.3 Å². The smallest absolute Gasteiger partial charge is 0.242 e. The standard InChI is InChI=1S/C24H34N2O3S/c1-3-4-6-14-23(27)25(15-10-16-29-2)20-24(28)26(19-22-13-9-17-30-22)18-21-11-7-5-8-12-21/h5,7-9,11-13,17H,3-4,6,10,14-16,18-20H2,1-2H3. The minimum atomic E-state index is -0.0199. The summed E-state index contributed by atoms with van der Waals surface area (Å²) in [6.07, 6.45) is 4.20. The molecule has 0 radical (unpaired) electrons. The van der Waals surface area contributed by atoms with E-state index in [1.807, 2.05) is 52.7 Å². The van der Waals surface area contributed by atoms with Crippen molar-refractivity contribution in [2.75, 3.05) is 26.8 Å². The van der Waals surface area contributed by atoms with Gasteiger partial charge in [-0.1, -0.05) is 56.2 Å². The van der Waals surface area contributed by atoms with Crippen molar-refractivity contribution < 1.29 is 14.3 Å². The zero-order valence-corrected chi connectivity index (χ0v) is 19.0. The molecule has 1 aromatic heterocycles. The number of thiophene rings is 1. The number of ether oxygens (including phenoxy) is 1. The molecule has 164 valence electrons. The number of rotatable bonds is 14. The summed E-state index contributed by atoms with van der Waals surface area (Å²) in [4.78, 5) is 30.7. The van der Waals surface area contributed by atoms with Gasteiger partial charge in [-0.25, -0.2) is 0 Å². The third-order valence-electron chi connectivity index (χ3n) is 4.95. The number of unbranched alkanes of at least 4 members (excludes halogenated alkanes) is 2. The van der Waals surface area contributed by atoms with Crippen LogP contribution in [0.4, 0.5) is 0 Å². The molecule has 5 nitrogen and oxygen atoms in total. The molecule has 0 aliphatic heterocycles. The lowest BCUT2D eigenvalue weighted by Crippen LogP contribution is -2.43. The Morgan fingerprint density at radius 3 is 2.40 bits per heavy atom. The number of amides is 2. The van der Waals surface area contributed by atoms with E-state index in [1.165, 1.54) is 0 Å². The van der Waals surface area contributed by atoms with Crippen molar-refractivity contribution in [1.82, 2.24) is 9.80 Å². The first kappa shape index (κ1) is 24.1. The van der Waals surface area contributed by atoms with Crippen LogP contribution in [0.5, 0.6) is 0 Å². The Balaban J connectivity index is 2.07. The largest absolute Gasteiger partial charge is 0.385 e. The van der Waals surface area contributed by atoms with Crippen LogP contribution >= 0.6 is 11.3 Å². The average Bonchev–Trinajstić information content (AvgIpc) is 3.26. The number of methoxy groups -OCH3 is 1. The first-order valence-electron chi connectivity index (χ1n) is 10.7. The van der Waals surface area contributed by atoms with E-state index in [4.69, 9.17) is 4.74 Å². The van der Waals surface area contributed by atoms with Gasteiger partial charge in [0.2, 0.25) is 11.8 Å². The first-order valence-corrected chi connectivity index (χ1v) is 11.6. The summed E-state index contributed by atoms with van der Waals surface area (Å²) in [6.45, 7) is 4.46. The Bertz CT molecular complexity index is 734. The summed E-state index contributed by atoms with van der Waals surface area (Å²) in [5, 5.41) is 2.02. The maximum Gasteiger partial charge on any atom is 0.242 e. The van der Waals surface area contributed by atoms with Crippen molar-refractivity contribution in [3.05, 3.63) is 58.3 Å². The Hall–Kier alpha value is -2.18. The Labute approximate surface area is 184 Å². The van der Waals surface area contributed by atoms with Gasteiger partial charge in [-0.2, -0.15) is 0 Å². The highest BCUT2D eigenvalue weighted by atomic mass is 32.1. The fraction of sp³-hybridized carbons (Fsp3) is 0.500. The molecule has 6 heteroatoms. The number of carbonyl (C=O) groups excluding carboxylic acids is 2. The third-order valence-corrected chi connectivity index (χ3v) is 5.81. The summed E-state index contributed by atoms with van der Waals surface area (Å²) >= 11 is 1.64. The van der Waals surface area contributed by atoms with Gasteiger partial charge < -0.3 is 14.5 Å². The van der Waals surface area contributed by atoms with Crippen LogP contribution in [0.15, 0.2) is 47.8 Å². The number of nitrogens with zero attached hydrogens (tertiary/aromatic N) is 2. The highest BCUT2D eigenvalue weighted by Gasteiger charge is 2.21. The van der Waals surface area contributed by atoms with Crippen LogP contribution in [0, 0.1) is 0 Å². The van der Waals surface area contributed by atoms with Gasteiger partial charge in [-0.3, -0.25) is 9.59 Å². The summed E-state index contributed by atoms with van der Waals surface area (Å²) in [5.41, 5.74) is 1.09. The molecule has 0 saturated carbocycles. The molecule has 2 aromatic rings. The van der Waals surface area contributed by atoms with Crippen LogP contribution in [0.2, 0.25) is 0 Å². The quantitative estimate of drug-likeness (QED) is 0.408. The van der Waals surface area contributed by atoms with Gasteiger partial charge in [0.05, 0.1) is 13.1 Å². The second kappa shape index (κ2) is 13.9. The Morgan fingerprint density at radius 1 is 0.933 bits per heavy atom. The molecule has 1 heterocycles. The molecule has 0 atom stereocenters. The van der Waals surface area contributed by atoms with E-state index in [-0.39, 0.29) is 18.4 Å². The normalized spacial score (nSPS) is 10.7. The molecular weight excluding hydrogens is 396 g/mol. The second-order valence-corrected chi connectivity index (χ2v) is 8.47. The second-order valence-electron chi connectivity index (χ2n) is 7.43. The lowest BCUT2D eigenvalue weighted by atomic mass is 10.2. The monoisotopic (exact) mass is 430 g/mol. The van der Waals surface area contributed by atoms with E-state index in [0.717, 1.165) is 36.1 Å². The van der Waals surface area contributed by atoms with Crippen molar-refractivity contribution in [1.29, 1.82) is 0 Å². The number of benzene rings is 1. The molecule has 0 fully saturated rings. The number of hydrogen-bond acceptors (Lipinski definition) is 4. The molecule has 0 saturated heterocycles. The molecule has 2 amide bonds. The van der Waals surface area contributed by atoms with Crippen molar-refractivity contribution >= 4 is 23.2 Å². The average molecular weight is 431 g/mol. The van der Waals surface area contributed by atoms with E-state index in [9.17, 15) is 9.59 Å². The van der Waals surface area contributed by atoms with Gasteiger partial charge in [0.25, 0.3) is 0 Å². The summed E-state index contributed by atoms with van der Waals surface area (Å²) in [6, 6.07) is 14.0. The van der Waals surface area contributed by atoms with Gasteiger partial charge in [0, 0.05) is 38.1 Å². The van der Waals surface area contributed by atoms with Gasteiger partial charge in [-0.15, -0.1) is 11.3 Å². The lowest BCUT2D eigenvalue weighted by molar-refractivity contribution is -0.141. The molecule has 0 bridgehead atoms. The third kappa shape index (κ3) is 8.67. The molecule has 30 heavy (non-hydrogen) atoms. The predicted octanol–water partition coefficient (Wildman–Crippen LogP) is 4.72. The zero-order chi connectivity index (χ0) is 21.6. The first-order chi connectivity index (χ1) is 14.6. The van der Waals surface area contributed by atoms with Crippen molar-refractivity contribution in [2.45, 2.75) is 52.1 Å². The van der Waals surface area contributed by atoms with E-state index in [2.05, 4.69) is 6.92 Å². The molecule has 0 unspecified atom stereocenters. The maximum absolute atomic E-state index is 13.3. The van der Waals surface area contributed by atoms with Gasteiger partial charge in [-0.05, 0) is 29.9 Å². The fourth-order valence-electron chi connectivity index (χ4n) is 3.27.